The molecule has 0 radical (unpaired) electrons. The first kappa shape index (κ1) is 20.6. The maximum Gasteiger partial charge on any atom is 0.199 e. The summed E-state index contributed by atoms with van der Waals surface area (Å²) >= 11 is 0. The lowest BCUT2D eigenvalue weighted by molar-refractivity contribution is -0.0670. The zero-order valence-corrected chi connectivity index (χ0v) is 16.8. The fourth-order valence-electron chi connectivity index (χ4n) is 4.90. The van der Waals surface area contributed by atoms with Gasteiger partial charge >= 0.3 is 0 Å². The van der Waals surface area contributed by atoms with Crippen molar-refractivity contribution in [3.05, 3.63) is 23.2 Å². The summed E-state index contributed by atoms with van der Waals surface area (Å²) in [5.74, 6) is 0.684. The Labute approximate surface area is 162 Å². The molecule has 0 N–H and O–H groups in total. The van der Waals surface area contributed by atoms with E-state index in [0.717, 1.165) is 31.3 Å². The summed E-state index contributed by atoms with van der Waals surface area (Å²) < 4.78 is 44.3. The van der Waals surface area contributed by atoms with Gasteiger partial charge in [-0.05, 0) is 43.4 Å². The summed E-state index contributed by atoms with van der Waals surface area (Å²) in [6, 6.07) is 0. The van der Waals surface area contributed by atoms with E-state index in [0.29, 0.717) is 25.4 Å². The summed E-state index contributed by atoms with van der Waals surface area (Å²) in [5.41, 5.74) is 0. The number of halogens is 2. The Hall–Kier alpha value is -1.10. The average molecular weight is 385 g/mol. The zero-order chi connectivity index (χ0) is 19.2. The molecule has 27 heavy (non-hydrogen) atoms. The van der Waals surface area contributed by atoms with Crippen LogP contribution in [0, 0.1) is 17.8 Å². The smallest absolute Gasteiger partial charge is 0.199 e. The van der Waals surface area contributed by atoms with Crippen molar-refractivity contribution in [2.45, 2.75) is 77.2 Å². The maximum atomic E-state index is 14.0. The predicted molar refractivity (Wildman–Crippen MR) is 101 cm³/mol. The van der Waals surface area contributed by atoms with Crippen molar-refractivity contribution in [3.8, 4) is 0 Å². The van der Waals surface area contributed by atoms with Gasteiger partial charge in [0, 0.05) is 12.8 Å². The fourth-order valence-corrected chi connectivity index (χ4v) is 4.90. The summed E-state index contributed by atoms with van der Waals surface area (Å²) in [4.78, 5) is 0. The van der Waals surface area contributed by atoms with Gasteiger partial charge in [-0.3, -0.25) is 0 Å². The Morgan fingerprint density at radius 2 is 1.59 bits per heavy atom. The van der Waals surface area contributed by atoms with Crippen molar-refractivity contribution in [1.82, 2.24) is 0 Å². The Morgan fingerprint density at radius 3 is 2.22 bits per heavy atom. The van der Waals surface area contributed by atoms with Crippen LogP contribution in [0.25, 0.3) is 0 Å². The topological polar surface area (TPSA) is 27.7 Å². The standard InChI is InChI=1S/C22H34F2O3/c1-3-4-15-5-7-16(8-6-15)17-9-10-18(26-13-17)14-27-20-12-11-19(25-2)21(23)22(20)24/h15-18H,3-14H2,1-2H3. The molecule has 3 rings (SSSR count). The molecule has 1 heterocycles. The minimum Gasteiger partial charge on any atom is -0.498 e. The third-order valence-electron chi connectivity index (χ3n) is 6.61. The van der Waals surface area contributed by atoms with Gasteiger partial charge in [-0.1, -0.05) is 32.6 Å². The van der Waals surface area contributed by atoms with Gasteiger partial charge in [0.15, 0.2) is 11.7 Å². The summed E-state index contributed by atoms with van der Waals surface area (Å²) in [6.07, 6.45) is 10.8. The predicted octanol–water partition coefficient (Wildman–Crippen LogP) is 6.21. The number of rotatable bonds is 7. The molecule has 3 nitrogen and oxygen atoms in total. The molecule has 0 aromatic carbocycles. The van der Waals surface area contributed by atoms with E-state index in [1.807, 2.05) is 0 Å². The van der Waals surface area contributed by atoms with Crippen molar-refractivity contribution in [2.75, 3.05) is 20.3 Å². The largest absolute Gasteiger partial charge is 0.498 e. The Kier molecular flexibility index (Phi) is 7.57. The van der Waals surface area contributed by atoms with Crippen molar-refractivity contribution in [1.29, 1.82) is 0 Å². The normalized spacial score (nSPS) is 32.6. The van der Waals surface area contributed by atoms with Crippen LogP contribution in [0.4, 0.5) is 8.78 Å². The second-order valence-corrected chi connectivity index (χ2v) is 8.35. The summed E-state index contributed by atoms with van der Waals surface area (Å²) in [6.45, 7) is 3.36. The van der Waals surface area contributed by atoms with Gasteiger partial charge in [0.2, 0.25) is 0 Å². The average Bonchev–Trinajstić information content (AvgIpc) is 2.70. The van der Waals surface area contributed by atoms with E-state index in [1.54, 1.807) is 0 Å². The van der Waals surface area contributed by atoms with E-state index in [1.165, 1.54) is 45.6 Å². The van der Waals surface area contributed by atoms with Crippen LogP contribution < -0.4 is 0 Å². The van der Waals surface area contributed by atoms with Crippen molar-refractivity contribution >= 4 is 0 Å². The summed E-state index contributed by atoms with van der Waals surface area (Å²) in [5, 5.41) is 0. The lowest BCUT2D eigenvalue weighted by Gasteiger charge is -2.38. The van der Waals surface area contributed by atoms with Crippen LogP contribution >= 0.6 is 0 Å². The molecule has 0 bridgehead atoms. The Morgan fingerprint density at radius 1 is 0.926 bits per heavy atom. The highest BCUT2D eigenvalue weighted by Gasteiger charge is 2.32. The van der Waals surface area contributed by atoms with Gasteiger partial charge in [-0.2, -0.15) is 8.78 Å². The molecule has 1 saturated carbocycles. The lowest BCUT2D eigenvalue weighted by Crippen LogP contribution is -2.34. The quantitative estimate of drug-likeness (QED) is 0.522. The minimum absolute atomic E-state index is 0.0196. The zero-order valence-electron chi connectivity index (χ0n) is 16.8. The van der Waals surface area contributed by atoms with Crippen LogP contribution in [-0.4, -0.2) is 26.4 Å². The molecule has 0 amide bonds. The molecule has 2 unspecified atom stereocenters. The summed E-state index contributed by atoms with van der Waals surface area (Å²) in [7, 11) is 1.36. The van der Waals surface area contributed by atoms with Crippen molar-refractivity contribution in [2.24, 2.45) is 17.8 Å². The molecular formula is C22H34F2O3. The molecule has 2 atom stereocenters. The third-order valence-corrected chi connectivity index (χ3v) is 6.61. The first-order valence-electron chi connectivity index (χ1n) is 10.7. The van der Waals surface area contributed by atoms with Crippen molar-refractivity contribution < 1.29 is 23.0 Å². The number of hydrogen-bond donors (Lipinski definition) is 0. The Bertz CT molecular complexity index is 542. The molecule has 3 aliphatic rings. The molecule has 0 spiro atoms. The number of allylic oxidation sites excluding steroid dienone is 4. The van der Waals surface area contributed by atoms with Gasteiger partial charge < -0.3 is 14.2 Å². The van der Waals surface area contributed by atoms with E-state index in [-0.39, 0.29) is 17.6 Å². The van der Waals surface area contributed by atoms with E-state index in [9.17, 15) is 8.78 Å². The highest BCUT2D eigenvalue weighted by Crippen LogP contribution is 2.39. The molecule has 0 aromatic rings. The SMILES string of the molecule is CCCC1CCC(C2CCC(COC3=C(F)C(F)=C(OC)CC3)OC2)CC1. The van der Waals surface area contributed by atoms with Gasteiger partial charge in [-0.15, -0.1) is 0 Å². The van der Waals surface area contributed by atoms with Crippen LogP contribution in [0.2, 0.25) is 0 Å². The van der Waals surface area contributed by atoms with E-state index < -0.39 is 11.7 Å². The van der Waals surface area contributed by atoms with E-state index in [2.05, 4.69) is 6.92 Å². The fraction of sp³-hybridized carbons (Fsp3) is 0.818. The van der Waals surface area contributed by atoms with Gasteiger partial charge in [0.1, 0.15) is 18.1 Å². The number of hydrogen-bond acceptors (Lipinski definition) is 3. The van der Waals surface area contributed by atoms with Crippen molar-refractivity contribution in [3.63, 3.8) is 0 Å². The van der Waals surface area contributed by atoms with E-state index in [4.69, 9.17) is 14.2 Å². The third kappa shape index (κ3) is 5.24. The molecular weight excluding hydrogens is 350 g/mol. The first-order chi connectivity index (χ1) is 13.1. The molecule has 1 saturated heterocycles. The monoisotopic (exact) mass is 384 g/mol. The molecule has 5 heteroatoms. The second-order valence-electron chi connectivity index (χ2n) is 8.35. The van der Waals surface area contributed by atoms with Crippen LogP contribution in [0.15, 0.2) is 23.2 Å². The molecule has 1 aliphatic heterocycles. The minimum atomic E-state index is -0.929. The maximum absolute atomic E-state index is 14.0. The second kappa shape index (κ2) is 9.90. The number of ether oxygens (including phenoxy) is 3. The molecule has 154 valence electrons. The number of methoxy groups -OCH3 is 1. The highest BCUT2D eigenvalue weighted by molar-refractivity contribution is 5.29. The Balaban J connectivity index is 1.40. The van der Waals surface area contributed by atoms with Crippen LogP contribution in [-0.2, 0) is 14.2 Å². The van der Waals surface area contributed by atoms with Crippen LogP contribution in [0.1, 0.15) is 71.1 Å². The van der Waals surface area contributed by atoms with Crippen LogP contribution in [0.3, 0.4) is 0 Å². The molecule has 0 aromatic heterocycles. The van der Waals surface area contributed by atoms with Gasteiger partial charge in [0.05, 0.1) is 19.8 Å². The lowest BCUT2D eigenvalue weighted by atomic mass is 9.73. The highest BCUT2D eigenvalue weighted by atomic mass is 19.2. The van der Waals surface area contributed by atoms with E-state index >= 15 is 0 Å². The van der Waals surface area contributed by atoms with Gasteiger partial charge in [-0.25, -0.2) is 0 Å². The molecule has 2 fully saturated rings. The van der Waals surface area contributed by atoms with Gasteiger partial charge in [0.25, 0.3) is 0 Å². The van der Waals surface area contributed by atoms with Crippen LogP contribution in [0.5, 0.6) is 0 Å². The molecule has 2 aliphatic carbocycles. The first-order valence-corrected chi connectivity index (χ1v) is 10.7.